The Bertz CT molecular complexity index is 480. The quantitative estimate of drug-likeness (QED) is 0.921. The zero-order chi connectivity index (χ0) is 14.8. The lowest BCUT2D eigenvalue weighted by Crippen LogP contribution is -2.56. The van der Waals surface area contributed by atoms with E-state index in [2.05, 4.69) is 17.1 Å². The van der Waals surface area contributed by atoms with Crippen LogP contribution in [0.2, 0.25) is 0 Å². The minimum atomic E-state index is -0.262. The van der Waals surface area contributed by atoms with Crippen LogP contribution in [0, 0.1) is 5.82 Å². The van der Waals surface area contributed by atoms with Gasteiger partial charge in [0, 0.05) is 29.9 Å². The van der Waals surface area contributed by atoms with Crippen LogP contribution in [0.1, 0.15) is 39.0 Å². The predicted molar refractivity (Wildman–Crippen MR) is 83.6 cm³/mol. The summed E-state index contributed by atoms with van der Waals surface area (Å²) < 4.78 is 19.0. The molecule has 0 aromatic heterocycles. The smallest absolute Gasteiger partial charge is 0.167 e. The second-order valence-electron chi connectivity index (χ2n) is 6.19. The van der Waals surface area contributed by atoms with Gasteiger partial charge in [0.25, 0.3) is 0 Å². The summed E-state index contributed by atoms with van der Waals surface area (Å²) in [5.41, 5.74) is 1.01. The van der Waals surface area contributed by atoms with Gasteiger partial charge in [-0.3, -0.25) is 0 Å². The second-order valence-corrected chi connectivity index (χ2v) is 6.19. The Balaban J connectivity index is 1.83. The van der Waals surface area contributed by atoms with Gasteiger partial charge in [-0.25, -0.2) is 4.39 Å². The Kier molecular flexibility index (Phi) is 4.34. The Morgan fingerprint density at radius 3 is 2.57 bits per heavy atom. The number of benzene rings is 1. The molecular formula is C17H25FN2O. The highest BCUT2D eigenvalue weighted by atomic mass is 19.1. The minimum absolute atomic E-state index is 0.262. The number of hydrogen-bond acceptors (Lipinski definition) is 3. The molecule has 0 saturated carbocycles. The fourth-order valence-corrected chi connectivity index (χ4v) is 4.07. The molecule has 2 heterocycles. The third-order valence-electron chi connectivity index (χ3n) is 4.90. The third-order valence-corrected chi connectivity index (χ3v) is 4.90. The van der Waals surface area contributed by atoms with Crippen LogP contribution in [0.4, 0.5) is 10.1 Å². The summed E-state index contributed by atoms with van der Waals surface area (Å²) in [6, 6.07) is 7.07. The lowest BCUT2D eigenvalue weighted by molar-refractivity contribution is 0.247. The first-order valence-corrected chi connectivity index (χ1v) is 8.08. The van der Waals surface area contributed by atoms with E-state index in [0.29, 0.717) is 23.9 Å². The Labute approximate surface area is 126 Å². The molecule has 116 valence electrons. The molecule has 0 aliphatic carbocycles. The number of nitrogens with zero attached hydrogens (tertiary/aromatic N) is 1. The molecule has 2 saturated heterocycles. The summed E-state index contributed by atoms with van der Waals surface area (Å²) in [4.78, 5) is 2.46. The maximum atomic E-state index is 14.0. The molecule has 3 nitrogen and oxygen atoms in total. The maximum Gasteiger partial charge on any atom is 0.167 e. The molecule has 2 bridgehead atoms. The first-order chi connectivity index (χ1) is 10.2. The Morgan fingerprint density at radius 1 is 1.29 bits per heavy atom. The van der Waals surface area contributed by atoms with E-state index in [-0.39, 0.29) is 5.82 Å². The average molecular weight is 292 g/mol. The van der Waals surface area contributed by atoms with E-state index in [4.69, 9.17) is 4.74 Å². The number of rotatable bonds is 4. The molecule has 0 amide bonds. The number of piperidine rings is 2. The van der Waals surface area contributed by atoms with Crippen molar-refractivity contribution in [1.29, 1.82) is 0 Å². The normalized spacial score (nSPS) is 28.5. The summed E-state index contributed by atoms with van der Waals surface area (Å²) in [5.74, 6) is 0.0633. The van der Waals surface area contributed by atoms with Crippen molar-refractivity contribution in [3.63, 3.8) is 0 Å². The molecule has 4 heteroatoms. The third kappa shape index (κ3) is 2.86. The summed E-state index contributed by atoms with van der Waals surface area (Å²) in [5, 5.41) is 3.59. The molecule has 2 aliphatic rings. The molecule has 1 aromatic rings. The molecule has 2 unspecified atom stereocenters. The average Bonchev–Trinajstić information content (AvgIpc) is 2.46. The van der Waals surface area contributed by atoms with Gasteiger partial charge in [0.2, 0.25) is 0 Å². The van der Waals surface area contributed by atoms with Crippen molar-refractivity contribution in [2.75, 3.05) is 18.6 Å². The van der Waals surface area contributed by atoms with E-state index in [1.807, 2.05) is 6.07 Å². The van der Waals surface area contributed by atoms with Crippen LogP contribution < -0.4 is 15.0 Å². The number of hydrogen-bond donors (Lipinski definition) is 1. The fraction of sp³-hybridized carbons (Fsp3) is 0.647. The lowest BCUT2D eigenvalue weighted by atomic mass is 9.81. The van der Waals surface area contributed by atoms with Gasteiger partial charge in [-0.15, -0.1) is 0 Å². The van der Waals surface area contributed by atoms with E-state index in [0.717, 1.165) is 25.1 Å². The topological polar surface area (TPSA) is 24.5 Å². The van der Waals surface area contributed by atoms with E-state index >= 15 is 0 Å². The largest absolute Gasteiger partial charge is 0.494 e. The van der Waals surface area contributed by atoms with Crippen LogP contribution in [0.5, 0.6) is 5.75 Å². The number of nitrogens with one attached hydrogen (secondary N) is 1. The summed E-state index contributed by atoms with van der Waals surface area (Å²) >= 11 is 0. The molecular weight excluding hydrogens is 267 g/mol. The van der Waals surface area contributed by atoms with E-state index in [9.17, 15) is 4.39 Å². The van der Waals surface area contributed by atoms with Crippen molar-refractivity contribution in [1.82, 2.24) is 5.32 Å². The summed E-state index contributed by atoms with van der Waals surface area (Å²) in [6.07, 6.45) is 6.05. The van der Waals surface area contributed by atoms with E-state index in [1.54, 1.807) is 12.1 Å². The van der Waals surface area contributed by atoms with Crippen molar-refractivity contribution < 1.29 is 9.13 Å². The Morgan fingerprint density at radius 2 is 2.00 bits per heavy atom. The van der Waals surface area contributed by atoms with Gasteiger partial charge in [0.1, 0.15) is 0 Å². The molecule has 2 aliphatic heterocycles. The Hall–Kier alpha value is -1.29. The van der Waals surface area contributed by atoms with Crippen LogP contribution in [0.25, 0.3) is 0 Å². The van der Waals surface area contributed by atoms with Gasteiger partial charge < -0.3 is 15.0 Å². The number of ether oxygens (including phenoxy) is 1. The zero-order valence-electron chi connectivity index (χ0n) is 12.9. The van der Waals surface area contributed by atoms with E-state index in [1.165, 1.54) is 26.4 Å². The lowest BCUT2D eigenvalue weighted by Gasteiger charge is -2.50. The van der Waals surface area contributed by atoms with Crippen LogP contribution in [-0.2, 0) is 0 Å². The number of fused-ring (bicyclic) bond motifs is 2. The van der Waals surface area contributed by atoms with Gasteiger partial charge in [-0.2, -0.15) is 0 Å². The second kappa shape index (κ2) is 6.22. The van der Waals surface area contributed by atoms with Gasteiger partial charge in [0.05, 0.1) is 7.11 Å². The maximum absolute atomic E-state index is 14.0. The van der Waals surface area contributed by atoms with Gasteiger partial charge in [-0.05, 0) is 50.8 Å². The first-order valence-electron chi connectivity index (χ1n) is 8.08. The molecule has 0 spiro atoms. The van der Waals surface area contributed by atoms with Crippen LogP contribution in [0.3, 0.4) is 0 Å². The van der Waals surface area contributed by atoms with Crippen LogP contribution >= 0.6 is 0 Å². The highest BCUT2D eigenvalue weighted by Gasteiger charge is 2.38. The van der Waals surface area contributed by atoms with Crippen molar-refractivity contribution in [2.45, 2.75) is 57.2 Å². The van der Waals surface area contributed by atoms with Crippen LogP contribution in [0.15, 0.2) is 18.2 Å². The summed E-state index contributed by atoms with van der Waals surface area (Å²) in [6.45, 7) is 3.20. The van der Waals surface area contributed by atoms with Gasteiger partial charge in [0.15, 0.2) is 11.6 Å². The number of methoxy groups -OCH3 is 1. The molecule has 3 rings (SSSR count). The summed E-state index contributed by atoms with van der Waals surface area (Å²) in [7, 11) is 1.51. The van der Waals surface area contributed by atoms with E-state index < -0.39 is 0 Å². The molecule has 2 fully saturated rings. The number of anilines is 1. The molecule has 21 heavy (non-hydrogen) atoms. The highest BCUT2D eigenvalue weighted by Crippen LogP contribution is 2.38. The molecule has 1 N–H and O–H groups in total. The van der Waals surface area contributed by atoms with Crippen molar-refractivity contribution in [3.05, 3.63) is 24.0 Å². The molecule has 0 radical (unpaired) electrons. The monoisotopic (exact) mass is 292 g/mol. The standard InChI is InChI=1S/C17H25FN2O/c1-3-19-12-9-13-5-4-6-14(10-12)20(13)15-7-8-17(21-2)16(18)11-15/h7-8,11-14,19H,3-6,9-10H2,1-2H3. The molecule has 2 atom stereocenters. The van der Waals surface area contributed by atoms with Crippen molar-refractivity contribution >= 4 is 5.69 Å². The fourth-order valence-electron chi connectivity index (χ4n) is 4.07. The van der Waals surface area contributed by atoms with Crippen molar-refractivity contribution in [2.24, 2.45) is 0 Å². The molecule has 1 aromatic carbocycles. The SMILES string of the molecule is CCNC1CC2CCCC(C1)N2c1ccc(OC)c(F)c1. The van der Waals surface area contributed by atoms with Crippen molar-refractivity contribution in [3.8, 4) is 5.75 Å². The highest BCUT2D eigenvalue weighted by molar-refractivity contribution is 5.52. The zero-order valence-corrected chi connectivity index (χ0v) is 12.9. The minimum Gasteiger partial charge on any atom is -0.494 e. The first kappa shape index (κ1) is 14.6. The number of halogens is 1. The predicted octanol–water partition coefficient (Wildman–Crippen LogP) is 3.33. The van der Waals surface area contributed by atoms with Crippen LogP contribution in [-0.4, -0.2) is 31.8 Å². The van der Waals surface area contributed by atoms with Gasteiger partial charge >= 0.3 is 0 Å². The van der Waals surface area contributed by atoms with Gasteiger partial charge in [-0.1, -0.05) is 6.92 Å².